The highest BCUT2D eigenvalue weighted by molar-refractivity contribution is 5.32. The molecule has 0 heterocycles. The van der Waals surface area contributed by atoms with Gasteiger partial charge in [0.2, 0.25) is 0 Å². The van der Waals surface area contributed by atoms with Crippen LogP contribution in [0.4, 0.5) is 0 Å². The van der Waals surface area contributed by atoms with Crippen molar-refractivity contribution >= 4 is 0 Å². The number of benzene rings is 1. The predicted octanol–water partition coefficient (Wildman–Crippen LogP) is 4.02. The number of ether oxygens (including phenoxy) is 1. The van der Waals surface area contributed by atoms with E-state index >= 15 is 0 Å². The van der Waals surface area contributed by atoms with E-state index in [1.165, 1.54) is 19.3 Å². The van der Waals surface area contributed by atoms with Gasteiger partial charge in [0.1, 0.15) is 11.9 Å². The smallest absolute Gasteiger partial charge is 0.118 e. The minimum Gasteiger partial charge on any atom is -0.497 e. The van der Waals surface area contributed by atoms with Crippen LogP contribution in [0.2, 0.25) is 0 Å². The number of aliphatic hydroxyl groups is 1. The van der Waals surface area contributed by atoms with E-state index in [4.69, 9.17) is 4.74 Å². The van der Waals surface area contributed by atoms with Crippen LogP contribution in [0.3, 0.4) is 0 Å². The first-order valence-corrected chi connectivity index (χ1v) is 6.98. The molecule has 1 N–H and O–H groups in total. The van der Waals surface area contributed by atoms with Crippen molar-refractivity contribution in [2.75, 3.05) is 7.11 Å². The summed E-state index contributed by atoms with van der Waals surface area (Å²) in [6, 6.07) is 7.56. The van der Waals surface area contributed by atoms with Crippen LogP contribution in [-0.2, 0) is 0 Å². The molecule has 1 aliphatic rings. The van der Waals surface area contributed by atoms with E-state index in [9.17, 15) is 5.11 Å². The first-order valence-electron chi connectivity index (χ1n) is 6.98. The standard InChI is InChI=1S/C17H22O2/c1-3-16(13-7-5-4-6-8-13)17(18)14-9-11-15(19-2)12-10-14/h9-13,17-18H,1,4-8H2,2H3. The van der Waals surface area contributed by atoms with Gasteiger partial charge in [-0.2, -0.15) is 0 Å². The fraction of sp³-hybridized carbons (Fsp3) is 0.471. The summed E-state index contributed by atoms with van der Waals surface area (Å²) >= 11 is 0. The van der Waals surface area contributed by atoms with Gasteiger partial charge < -0.3 is 9.84 Å². The molecule has 2 heteroatoms. The number of hydrogen-bond acceptors (Lipinski definition) is 2. The summed E-state index contributed by atoms with van der Waals surface area (Å²) in [5, 5.41) is 10.5. The van der Waals surface area contributed by atoms with Gasteiger partial charge >= 0.3 is 0 Å². The van der Waals surface area contributed by atoms with Gasteiger partial charge in [-0.15, -0.1) is 5.73 Å². The minimum atomic E-state index is -0.591. The third-order valence-electron chi connectivity index (χ3n) is 3.98. The fourth-order valence-electron chi connectivity index (χ4n) is 2.84. The van der Waals surface area contributed by atoms with Gasteiger partial charge in [-0.05, 0) is 36.5 Å². The van der Waals surface area contributed by atoms with E-state index in [2.05, 4.69) is 12.3 Å². The maximum Gasteiger partial charge on any atom is 0.118 e. The first-order chi connectivity index (χ1) is 9.26. The third kappa shape index (κ3) is 3.28. The van der Waals surface area contributed by atoms with Crippen molar-refractivity contribution in [1.29, 1.82) is 0 Å². The lowest BCUT2D eigenvalue weighted by Crippen LogP contribution is -2.14. The second-order valence-electron chi connectivity index (χ2n) is 5.14. The molecule has 1 unspecified atom stereocenters. The highest BCUT2D eigenvalue weighted by Gasteiger charge is 2.24. The quantitative estimate of drug-likeness (QED) is 0.826. The van der Waals surface area contributed by atoms with Crippen molar-refractivity contribution < 1.29 is 9.84 Å². The first kappa shape index (κ1) is 13.9. The molecule has 1 fully saturated rings. The van der Waals surface area contributed by atoms with E-state index in [1.807, 2.05) is 24.3 Å². The molecule has 0 radical (unpaired) electrons. The molecule has 0 aliphatic heterocycles. The number of hydrogen-bond donors (Lipinski definition) is 1. The summed E-state index contributed by atoms with van der Waals surface area (Å²) in [5.41, 5.74) is 4.82. The molecule has 0 bridgehead atoms. The number of aliphatic hydroxyl groups excluding tert-OH is 1. The summed E-state index contributed by atoms with van der Waals surface area (Å²) in [6.45, 7) is 3.77. The second-order valence-corrected chi connectivity index (χ2v) is 5.14. The Hall–Kier alpha value is -1.50. The largest absolute Gasteiger partial charge is 0.497 e. The van der Waals surface area contributed by atoms with E-state index in [1.54, 1.807) is 7.11 Å². The van der Waals surface area contributed by atoms with Crippen molar-refractivity contribution in [3.8, 4) is 5.75 Å². The Bertz CT molecular complexity index is 449. The SMILES string of the molecule is C=C=C(C1CCCCC1)C(O)c1ccc(OC)cc1. The summed E-state index contributed by atoms with van der Waals surface area (Å²) in [4.78, 5) is 0. The van der Waals surface area contributed by atoms with E-state index in [0.717, 1.165) is 29.7 Å². The lowest BCUT2D eigenvalue weighted by molar-refractivity contribution is 0.192. The van der Waals surface area contributed by atoms with Crippen molar-refractivity contribution in [3.63, 3.8) is 0 Å². The van der Waals surface area contributed by atoms with Gasteiger partial charge in [-0.3, -0.25) is 0 Å². The molecule has 1 atom stereocenters. The van der Waals surface area contributed by atoms with Gasteiger partial charge in [0.15, 0.2) is 0 Å². The molecule has 0 saturated heterocycles. The molecule has 1 aliphatic carbocycles. The topological polar surface area (TPSA) is 29.5 Å². The zero-order chi connectivity index (χ0) is 13.7. The van der Waals surface area contributed by atoms with E-state index < -0.39 is 6.10 Å². The number of rotatable bonds is 4. The summed E-state index contributed by atoms with van der Waals surface area (Å²) in [6.07, 6.45) is 5.48. The van der Waals surface area contributed by atoms with Crippen LogP contribution >= 0.6 is 0 Å². The molecular weight excluding hydrogens is 236 g/mol. The Morgan fingerprint density at radius 1 is 1.26 bits per heavy atom. The highest BCUT2D eigenvalue weighted by atomic mass is 16.5. The fourth-order valence-corrected chi connectivity index (χ4v) is 2.84. The van der Waals surface area contributed by atoms with Gasteiger partial charge in [-0.1, -0.05) is 38.0 Å². The molecule has 1 aromatic carbocycles. The van der Waals surface area contributed by atoms with Gasteiger partial charge in [0.05, 0.1) is 7.11 Å². The van der Waals surface area contributed by atoms with Crippen LogP contribution in [0.25, 0.3) is 0 Å². The molecule has 2 rings (SSSR count). The second kappa shape index (κ2) is 6.60. The molecule has 102 valence electrons. The lowest BCUT2D eigenvalue weighted by atomic mass is 9.80. The van der Waals surface area contributed by atoms with E-state index in [0.29, 0.717) is 5.92 Å². The Morgan fingerprint density at radius 2 is 1.89 bits per heavy atom. The van der Waals surface area contributed by atoms with Gasteiger partial charge in [0, 0.05) is 5.57 Å². The molecule has 1 aromatic rings. The van der Waals surface area contributed by atoms with Crippen LogP contribution in [0.15, 0.2) is 42.1 Å². The maximum absolute atomic E-state index is 10.5. The van der Waals surface area contributed by atoms with E-state index in [-0.39, 0.29) is 0 Å². The van der Waals surface area contributed by atoms with Crippen LogP contribution < -0.4 is 4.74 Å². The molecule has 1 saturated carbocycles. The summed E-state index contributed by atoms with van der Waals surface area (Å²) in [7, 11) is 1.64. The third-order valence-corrected chi connectivity index (χ3v) is 3.98. The maximum atomic E-state index is 10.5. The predicted molar refractivity (Wildman–Crippen MR) is 77.2 cm³/mol. The summed E-state index contributed by atoms with van der Waals surface area (Å²) < 4.78 is 5.14. The zero-order valence-electron chi connectivity index (χ0n) is 11.6. The van der Waals surface area contributed by atoms with Crippen LogP contribution in [0.5, 0.6) is 5.75 Å². The average molecular weight is 258 g/mol. The normalized spacial score (nSPS) is 17.6. The summed E-state index contributed by atoms with van der Waals surface area (Å²) in [5.74, 6) is 1.24. The van der Waals surface area contributed by atoms with Crippen molar-refractivity contribution in [2.24, 2.45) is 5.92 Å². The Kier molecular flexibility index (Phi) is 4.84. The Morgan fingerprint density at radius 3 is 2.42 bits per heavy atom. The van der Waals surface area contributed by atoms with Crippen molar-refractivity contribution in [3.05, 3.63) is 47.7 Å². The highest BCUT2D eigenvalue weighted by Crippen LogP contribution is 2.36. The van der Waals surface area contributed by atoms with Crippen molar-refractivity contribution in [2.45, 2.75) is 38.2 Å². The Labute approximate surface area is 115 Å². The monoisotopic (exact) mass is 258 g/mol. The molecule has 0 amide bonds. The minimum absolute atomic E-state index is 0.434. The molecule has 0 aromatic heterocycles. The number of methoxy groups -OCH3 is 1. The van der Waals surface area contributed by atoms with Crippen LogP contribution in [0, 0.1) is 5.92 Å². The van der Waals surface area contributed by atoms with Crippen LogP contribution in [-0.4, -0.2) is 12.2 Å². The van der Waals surface area contributed by atoms with Crippen molar-refractivity contribution in [1.82, 2.24) is 0 Å². The van der Waals surface area contributed by atoms with Gasteiger partial charge in [0.25, 0.3) is 0 Å². The lowest BCUT2D eigenvalue weighted by Gasteiger charge is -2.26. The zero-order valence-corrected chi connectivity index (χ0v) is 11.6. The molecule has 0 spiro atoms. The molecule has 19 heavy (non-hydrogen) atoms. The van der Waals surface area contributed by atoms with Crippen LogP contribution in [0.1, 0.15) is 43.8 Å². The Balaban J connectivity index is 2.15. The molecular formula is C17H22O2. The average Bonchev–Trinajstić information content (AvgIpc) is 2.49. The van der Waals surface area contributed by atoms with Gasteiger partial charge in [-0.25, -0.2) is 0 Å². The molecule has 2 nitrogen and oxygen atoms in total.